The quantitative estimate of drug-likeness (QED) is 0.714. The molecule has 1 aliphatic carbocycles. The van der Waals surface area contributed by atoms with Crippen LogP contribution in [0.1, 0.15) is 64.4 Å². The minimum absolute atomic E-state index is 0.0197. The molecule has 1 fully saturated rings. The number of carbonyl (C=O) groups excluding carboxylic acids is 2. The van der Waals surface area contributed by atoms with Crippen LogP contribution in [0.25, 0.3) is 10.2 Å². The lowest BCUT2D eigenvalue weighted by atomic mass is 9.89. The van der Waals surface area contributed by atoms with Crippen molar-refractivity contribution < 1.29 is 14.3 Å². The third-order valence-corrected chi connectivity index (χ3v) is 6.17. The molecule has 0 bridgehead atoms. The number of hydrogen-bond acceptors (Lipinski definition) is 4. The largest absolute Gasteiger partial charge is 0.465 e. The second-order valence-corrected chi connectivity index (χ2v) is 8.45. The fraction of sp³-hybridized carbons (Fsp3) is 0.571. The fourth-order valence-electron chi connectivity index (χ4n) is 3.56. The Bertz CT molecular complexity index is 888. The highest BCUT2D eigenvalue weighted by Crippen LogP contribution is 2.26. The Labute approximate surface area is 164 Å². The molecule has 1 saturated carbocycles. The van der Waals surface area contributed by atoms with E-state index in [9.17, 15) is 9.59 Å². The number of amides is 1. The van der Waals surface area contributed by atoms with E-state index in [0.29, 0.717) is 17.3 Å². The molecular formula is C21H28N2O3S. The van der Waals surface area contributed by atoms with Gasteiger partial charge in [0.15, 0.2) is 4.80 Å². The molecule has 0 aliphatic heterocycles. The van der Waals surface area contributed by atoms with Crippen molar-refractivity contribution in [2.45, 2.75) is 65.3 Å². The molecule has 1 amide bonds. The van der Waals surface area contributed by atoms with Crippen molar-refractivity contribution in [3.63, 3.8) is 0 Å². The van der Waals surface area contributed by atoms with Crippen LogP contribution in [-0.4, -0.2) is 23.1 Å². The van der Waals surface area contributed by atoms with Crippen LogP contribution in [-0.2, 0) is 20.9 Å². The lowest BCUT2D eigenvalue weighted by molar-refractivity contribution is -0.143. The van der Waals surface area contributed by atoms with Crippen LogP contribution >= 0.6 is 11.3 Å². The first kappa shape index (κ1) is 19.8. The lowest BCUT2D eigenvalue weighted by Gasteiger charge is -2.17. The van der Waals surface area contributed by atoms with Gasteiger partial charge < -0.3 is 9.30 Å². The molecule has 5 nitrogen and oxygen atoms in total. The zero-order valence-electron chi connectivity index (χ0n) is 16.4. The van der Waals surface area contributed by atoms with E-state index < -0.39 is 0 Å². The number of aromatic nitrogens is 1. The van der Waals surface area contributed by atoms with Gasteiger partial charge in [0, 0.05) is 5.92 Å². The average molecular weight is 389 g/mol. The number of nitrogens with zero attached hydrogens (tertiary/aromatic N) is 2. The first-order chi connectivity index (χ1) is 13.0. The van der Waals surface area contributed by atoms with E-state index in [2.05, 4.69) is 31.0 Å². The Morgan fingerprint density at radius 1 is 1.26 bits per heavy atom. The van der Waals surface area contributed by atoms with Crippen LogP contribution in [0.5, 0.6) is 0 Å². The highest BCUT2D eigenvalue weighted by atomic mass is 32.1. The predicted molar refractivity (Wildman–Crippen MR) is 108 cm³/mol. The number of thiazole rings is 1. The number of carbonyl (C=O) groups is 2. The number of benzene rings is 1. The molecular weight excluding hydrogens is 360 g/mol. The molecule has 1 heterocycles. The number of esters is 1. The summed E-state index contributed by atoms with van der Waals surface area (Å²) in [7, 11) is 0. The van der Waals surface area contributed by atoms with Crippen LogP contribution in [0.2, 0.25) is 0 Å². The molecule has 0 spiro atoms. The third-order valence-electron chi connectivity index (χ3n) is 5.13. The van der Waals surface area contributed by atoms with E-state index >= 15 is 0 Å². The number of rotatable bonds is 5. The van der Waals surface area contributed by atoms with Crippen molar-refractivity contribution in [2.24, 2.45) is 10.9 Å². The van der Waals surface area contributed by atoms with Gasteiger partial charge in [0.25, 0.3) is 5.91 Å². The molecule has 0 unspecified atom stereocenters. The number of ether oxygens (including phenoxy) is 1. The molecule has 1 aromatic heterocycles. The van der Waals surface area contributed by atoms with Gasteiger partial charge >= 0.3 is 5.97 Å². The van der Waals surface area contributed by atoms with Gasteiger partial charge in [0.05, 0.1) is 16.8 Å². The Morgan fingerprint density at radius 3 is 2.67 bits per heavy atom. The van der Waals surface area contributed by atoms with Crippen LogP contribution in [0, 0.1) is 5.92 Å². The van der Waals surface area contributed by atoms with E-state index in [1.165, 1.54) is 23.3 Å². The van der Waals surface area contributed by atoms with Gasteiger partial charge in [-0.25, -0.2) is 0 Å². The normalized spacial score (nSPS) is 16.2. The molecule has 0 N–H and O–H groups in total. The minimum atomic E-state index is -0.309. The van der Waals surface area contributed by atoms with Crippen molar-refractivity contribution in [1.29, 1.82) is 0 Å². The summed E-state index contributed by atoms with van der Waals surface area (Å²) in [6.45, 7) is 6.51. The molecule has 0 atom stereocenters. The van der Waals surface area contributed by atoms with Gasteiger partial charge in [-0.15, -0.1) is 0 Å². The summed E-state index contributed by atoms with van der Waals surface area (Å²) in [5.74, 6) is 0.0742. The van der Waals surface area contributed by atoms with Gasteiger partial charge in [-0.3, -0.25) is 9.59 Å². The second-order valence-electron chi connectivity index (χ2n) is 7.44. The summed E-state index contributed by atoms with van der Waals surface area (Å²) in [4.78, 5) is 29.8. The summed E-state index contributed by atoms with van der Waals surface area (Å²) in [5.41, 5.74) is 2.16. The van der Waals surface area contributed by atoms with Crippen LogP contribution in [0.4, 0.5) is 0 Å². The summed E-state index contributed by atoms with van der Waals surface area (Å²) in [6.07, 6.45) is 5.23. The first-order valence-electron chi connectivity index (χ1n) is 9.87. The molecule has 2 aromatic rings. The molecule has 1 aromatic carbocycles. The maximum atomic E-state index is 12.7. The van der Waals surface area contributed by atoms with Crippen molar-refractivity contribution in [3.05, 3.63) is 28.6 Å². The van der Waals surface area contributed by atoms with Crippen LogP contribution in [0.3, 0.4) is 0 Å². The van der Waals surface area contributed by atoms with Gasteiger partial charge in [-0.2, -0.15) is 4.99 Å². The van der Waals surface area contributed by atoms with E-state index in [1.54, 1.807) is 6.92 Å². The molecule has 27 heavy (non-hydrogen) atoms. The monoisotopic (exact) mass is 388 g/mol. The van der Waals surface area contributed by atoms with Crippen molar-refractivity contribution in [3.8, 4) is 0 Å². The van der Waals surface area contributed by atoms with Crippen LogP contribution < -0.4 is 4.80 Å². The van der Waals surface area contributed by atoms with Crippen molar-refractivity contribution in [1.82, 2.24) is 4.57 Å². The zero-order chi connectivity index (χ0) is 19.4. The maximum absolute atomic E-state index is 12.7. The highest BCUT2D eigenvalue weighted by Gasteiger charge is 2.21. The Hall–Kier alpha value is -1.95. The summed E-state index contributed by atoms with van der Waals surface area (Å²) in [5, 5.41) is 0. The lowest BCUT2D eigenvalue weighted by Crippen LogP contribution is -2.25. The average Bonchev–Trinajstić information content (AvgIpc) is 2.99. The van der Waals surface area contributed by atoms with E-state index in [4.69, 9.17) is 4.74 Å². The summed E-state index contributed by atoms with van der Waals surface area (Å²) in [6, 6.07) is 6.23. The SMILES string of the molecule is CCOC(=O)Cn1c(=NC(=O)C2CCCCC2)sc2cc(C(C)C)ccc21. The van der Waals surface area contributed by atoms with Gasteiger partial charge in [0.1, 0.15) is 6.54 Å². The Kier molecular flexibility index (Phi) is 6.47. The molecule has 1 aliphatic rings. The van der Waals surface area contributed by atoms with Crippen molar-refractivity contribution >= 4 is 33.4 Å². The van der Waals surface area contributed by atoms with E-state index in [1.807, 2.05) is 10.6 Å². The number of hydrogen-bond donors (Lipinski definition) is 0. The third kappa shape index (κ3) is 4.67. The molecule has 146 valence electrons. The van der Waals surface area contributed by atoms with Gasteiger partial charge in [-0.1, -0.05) is 50.5 Å². The first-order valence-corrected chi connectivity index (χ1v) is 10.7. The predicted octanol–water partition coefficient (Wildman–Crippen LogP) is 4.40. The minimum Gasteiger partial charge on any atom is -0.465 e. The smallest absolute Gasteiger partial charge is 0.326 e. The van der Waals surface area contributed by atoms with Gasteiger partial charge in [-0.05, 0) is 43.4 Å². The second kappa shape index (κ2) is 8.83. The standard InChI is InChI=1S/C21H28N2O3S/c1-4-26-19(24)13-23-17-11-10-16(14(2)3)12-18(17)27-21(23)22-20(25)15-8-6-5-7-9-15/h10-12,14-15H,4-9,13H2,1-3H3. The maximum Gasteiger partial charge on any atom is 0.326 e. The number of fused-ring (bicyclic) bond motifs is 1. The van der Waals surface area contributed by atoms with E-state index in [0.717, 1.165) is 35.9 Å². The Morgan fingerprint density at radius 2 is 2.00 bits per heavy atom. The topological polar surface area (TPSA) is 60.7 Å². The molecule has 0 radical (unpaired) electrons. The fourth-order valence-corrected chi connectivity index (χ4v) is 4.64. The Balaban J connectivity index is 2.03. The van der Waals surface area contributed by atoms with Crippen LogP contribution in [0.15, 0.2) is 23.2 Å². The summed E-state index contributed by atoms with van der Waals surface area (Å²) < 4.78 is 7.99. The molecule has 3 rings (SSSR count). The zero-order valence-corrected chi connectivity index (χ0v) is 17.2. The summed E-state index contributed by atoms with van der Waals surface area (Å²) >= 11 is 1.48. The van der Waals surface area contributed by atoms with E-state index in [-0.39, 0.29) is 24.3 Å². The molecule has 6 heteroatoms. The molecule has 0 saturated heterocycles. The van der Waals surface area contributed by atoms with Crippen molar-refractivity contribution in [2.75, 3.05) is 6.61 Å². The van der Waals surface area contributed by atoms with Gasteiger partial charge in [0.2, 0.25) is 0 Å². The highest BCUT2D eigenvalue weighted by molar-refractivity contribution is 7.16.